The van der Waals surface area contributed by atoms with Crippen molar-refractivity contribution in [2.45, 2.75) is 32.2 Å². The fraction of sp³-hybridized carbons (Fsp3) is 0.412. The third kappa shape index (κ3) is 7.00. The van der Waals surface area contributed by atoms with Crippen LogP contribution in [0.1, 0.15) is 30.9 Å². The predicted octanol–water partition coefficient (Wildman–Crippen LogP) is 4.39. The number of sulfonamides is 1. The maximum absolute atomic E-state index is 12.7. The third-order valence-electron chi connectivity index (χ3n) is 9.22. The molecule has 13 nitrogen and oxygen atoms in total. The number of rotatable bonds is 11. The number of aromatic nitrogens is 4. The van der Waals surface area contributed by atoms with Gasteiger partial charge in [0.15, 0.2) is 0 Å². The monoisotopic (exact) mass is 672 g/mol. The normalized spacial score (nSPS) is 16.1. The number of hydrogen-bond donors (Lipinski definition) is 3. The molecule has 0 amide bonds. The van der Waals surface area contributed by atoms with Crippen LogP contribution in [0.4, 0.5) is 34.5 Å². The quantitative estimate of drug-likeness (QED) is 0.208. The van der Waals surface area contributed by atoms with Crippen LogP contribution in [0.3, 0.4) is 0 Å². The van der Waals surface area contributed by atoms with Gasteiger partial charge >= 0.3 is 0 Å². The Labute approximate surface area is 282 Å². The fourth-order valence-corrected chi connectivity index (χ4v) is 7.05. The molecule has 2 fully saturated rings. The first-order valence-corrected chi connectivity index (χ1v) is 18.2. The number of methoxy groups -OCH3 is 1. The van der Waals surface area contributed by atoms with Gasteiger partial charge in [0.2, 0.25) is 16.0 Å². The fourth-order valence-electron chi connectivity index (χ4n) is 6.53. The van der Waals surface area contributed by atoms with E-state index in [9.17, 15) is 8.42 Å². The van der Waals surface area contributed by atoms with E-state index in [0.717, 1.165) is 70.5 Å². The van der Waals surface area contributed by atoms with Gasteiger partial charge in [0.25, 0.3) is 0 Å². The Bertz CT molecular complexity index is 1890. The van der Waals surface area contributed by atoms with Crippen LogP contribution in [0.5, 0.6) is 5.75 Å². The van der Waals surface area contributed by atoms with E-state index in [4.69, 9.17) is 9.72 Å². The van der Waals surface area contributed by atoms with E-state index >= 15 is 0 Å². The van der Waals surface area contributed by atoms with Crippen LogP contribution < -0.4 is 29.9 Å². The highest BCUT2D eigenvalue weighted by atomic mass is 32.2. The summed E-state index contributed by atoms with van der Waals surface area (Å²) in [6.07, 6.45) is 10.7. The van der Waals surface area contributed by atoms with Crippen molar-refractivity contribution in [1.29, 1.82) is 0 Å². The summed E-state index contributed by atoms with van der Waals surface area (Å²) in [5.74, 6) is 1.47. The molecule has 48 heavy (non-hydrogen) atoms. The van der Waals surface area contributed by atoms with Crippen LogP contribution in [-0.4, -0.2) is 99.0 Å². The highest BCUT2D eigenvalue weighted by Crippen LogP contribution is 2.38. The molecule has 2 aliphatic rings. The number of fused-ring (bicyclic) bond motifs is 1. The number of benzene rings is 2. The van der Waals surface area contributed by atoms with Crippen LogP contribution in [0.25, 0.3) is 17.1 Å². The minimum Gasteiger partial charge on any atom is -0.494 e. The summed E-state index contributed by atoms with van der Waals surface area (Å²) >= 11 is 0. The molecule has 0 spiro atoms. The topological polar surface area (TPSA) is 141 Å². The largest absolute Gasteiger partial charge is 0.494 e. The zero-order chi connectivity index (χ0) is 33.8. The van der Waals surface area contributed by atoms with Gasteiger partial charge in [-0.25, -0.2) is 13.4 Å². The SMILES string of the molecule is C=Cc1cnc(Nc2cc(CC)c(N3CCC(N4CCNCC4)CC3)cc2OC)nc1Nc1ccc2nccnc2c1N(C)S(C)(=O)=O. The van der Waals surface area contributed by atoms with Gasteiger partial charge in [-0.2, -0.15) is 4.98 Å². The summed E-state index contributed by atoms with van der Waals surface area (Å²) in [6.45, 7) is 12.5. The average Bonchev–Trinajstić information content (AvgIpc) is 3.11. The number of ether oxygens (including phenoxy) is 1. The molecule has 3 N–H and O–H groups in total. The summed E-state index contributed by atoms with van der Waals surface area (Å²) in [7, 11) is -0.465. The molecular formula is C34H44N10O3S. The van der Waals surface area contributed by atoms with Gasteiger partial charge in [0.1, 0.15) is 22.8 Å². The average molecular weight is 673 g/mol. The Morgan fingerprint density at radius 1 is 1.06 bits per heavy atom. The minimum absolute atomic E-state index is 0.339. The summed E-state index contributed by atoms with van der Waals surface area (Å²) in [6, 6.07) is 8.42. The minimum atomic E-state index is -3.62. The van der Waals surface area contributed by atoms with Crippen LogP contribution in [-0.2, 0) is 16.4 Å². The molecule has 2 aromatic carbocycles. The van der Waals surface area contributed by atoms with E-state index in [1.54, 1.807) is 37.7 Å². The van der Waals surface area contributed by atoms with E-state index in [1.807, 2.05) is 0 Å². The lowest BCUT2D eigenvalue weighted by Crippen LogP contribution is -2.52. The number of piperidine rings is 1. The van der Waals surface area contributed by atoms with E-state index in [0.29, 0.717) is 51.5 Å². The molecule has 2 saturated heterocycles. The molecule has 2 aliphatic heterocycles. The zero-order valence-corrected chi connectivity index (χ0v) is 28.8. The number of nitrogens with zero attached hydrogens (tertiary/aromatic N) is 7. The molecule has 0 unspecified atom stereocenters. The van der Waals surface area contributed by atoms with Gasteiger partial charge in [-0.15, -0.1) is 0 Å². The molecule has 4 heterocycles. The molecule has 0 saturated carbocycles. The van der Waals surface area contributed by atoms with Crippen molar-refractivity contribution in [2.24, 2.45) is 0 Å². The predicted molar refractivity (Wildman–Crippen MR) is 194 cm³/mol. The summed E-state index contributed by atoms with van der Waals surface area (Å²) in [5, 5.41) is 10.1. The Kier molecular flexibility index (Phi) is 9.94. The van der Waals surface area contributed by atoms with Crippen molar-refractivity contribution < 1.29 is 13.2 Å². The third-order valence-corrected chi connectivity index (χ3v) is 10.4. The first-order valence-electron chi connectivity index (χ1n) is 16.3. The standard InChI is InChI=1S/C34H44N10O3S/c1-6-23-20-28(30(47-4)21-29(23)44-16-10-25(11-17-44)43-18-14-35-15-19-43)40-34-38-22-24(7-2)33(41-34)39-27-9-8-26-31(37-13-12-36-26)32(27)42(3)48(5,45)46/h7-9,12-13,20-22,25,35H,2,6,10-11,14-19H2,1,3-5H3,(H2,38,39,40,41). The lowest BCUT2D eigenvalue weighted by atomic mass is 9.99. The van der Waals surface area contributed by atoms with Gasteiger partial charge in [-0.05, 0) is 43.0 Å². The number of anilines is 6. The molecule has 0 aliphatic carbocycles. The lowest BCUT2D eigenvalue weighted by Gasteiger charge is -2.41. The molecule has 6 rings (SSSR count). The Balaban J connectivity index is 1.27. The second-order valence-corrected chi connectivity index (χ2v) is 14.1. The van der Waals surface area contributed by atoms with Crippen molar-refractivity contribution in [3.05, 3.63) is 60.6 Å². The molecule has 0 radical (unpaired) electrons. The van der Waals surface area contributed by atoms with Crippen LogP contribution in [0.2, 0.25) is 0 Å². The molecule has 2 aromatic heterocycles. The van der Waals surface area contributed by atoms with Gasteiger partial charge in [0, 0.05) is 88.3 Å². The second kappa shape index (κ2) is 14.3. The van der Waals surface area contributed by atoms with Crippen LogP contribution in [0.15, 0.2) is 49.4 Å². The summed E-state index contributed by atoms with van der Waals surface area (Å²) in [4.78, 5) is 23.3. The van der Waals surface area contributed by atoms with Crippen molar-refractivity contribution >= 4 is 61.6 Å². The highest BCUT2D eigenvalue weighted by molar-refractivity contribution is 7.92. The lowest BCUT2D eigenvalue weighted by molar-refractivity contribution is 0.150. The van der Waals surface area contributed by atoms with Crippen LogP contribution >= 0.6 is 0 Å². The van der Waals surface area contributed by atoms with Crippen molar-refractivity contribution in [3.63, 3.8) is 0 Å². The van der Waals surface area contributed by atoms with E-state index in [2.05, 4.69) is 66.3 Å². The second-order valence-electron chi connectivity index (χ2n) is 12.1. The molecule has 0 bridgehead atoms. The van der Waals surface area contributed by atoms with E-state index in [-0.39, 0.29) is 0 Å². The molecular weight excluding hydrogens is 629 g/mol. The number of hydrogen-bond acceptors (Lipinski definition) is 12. The van der Waals surface area contributed by atoms with Gasteiger partial charge in [0.05, 0.1) is 30.3 Å². The Hall–Kier alpha value is -4.53. The number of aryl methyl sites for hydroxylation is 1. The zero-order valence-electron chi connectivity index (χ0n) is 28.0. The number of piperazine rings is 1. The van der Waals surface area contributed by atoms with Crippen molar-refractivity contribution in [3.8, 4) is 5.75 Å². The Morgan fingerprint density at radius 2 is 1.81 bits per heavy atom. The van der Waals surface area contributed by atoms with Crippen molar-refractivity contribution in [2.75, 3.05) is 79.5 Å². The molecule has 14 heteroatoms. The van der Waals surface area contributed by atoms with E-state index < -0.39 is 10.0 Å². The van der Waals surface area contributed by atoms with Gasteiger partial charge in [-0.3, -0.25) is 19.2 Å². The highest BCUT2D eigenvalue weighted by Gasteiger charge is 2.27. The first-order chi connectivity index (χ1) is 23.2. The van der Waals surface area contributed by atoms with Crippen molar-refractivity contribution in [1.82, 2.24) is 30.2 Å². The molecule has 0 atom stereocenters. The Morgan fingerprint density at radius 3 is 2.50 bits per heavy atom. The maximum atomic E-state index is 12.7. The first kappa shape index (κ1) is 33.4. The smallest absolute Gasteiger partial charge is 0.232 e. The maximum Gasteiger partial charge on any atom is 0.232 e. The van der Waals surface area contributed by atoms with E-state index in [1.165, 1.54) is 28.8 Å². The van der Waals surface area contributed by atoms with Gasteiger partial charge < -0.3 is 25.6 Å². The number of nitrogens with one attached hydrogen (secondary N) is 3. The summed E-state index contributed by atoms with van der Waals surface area (Å²) < 4.78 is 32.4. The molecule has 4 aromatic rings. The van der Waals surface area contributed by atoms with Gasteiger partial charge in [-0.1, -0.05) is 19.6 Å². The van der Waals surface area contributed by atoms with Crippen LogP contribution in [0, 0.1) is 0 Å². The molecule has 254 valence electrons. The summed E-state index contributed by atoms with van der Waals surface area (Å²) in [5.41, 5.74) is 5.64.